The van der Waals surface area contributed by atoms with Crippen molar-refractivity contribution < 1.29 is 31.8 Å². The number of methoxy groups -OCH3 is 1. The lowest BCUT2D eigenvalue weighted by Gasteiger charge is -2.45. The van der Waals surface area contributed by atoms with Crippen LogP contribution in [0.5, 0.6) is 6.01 Å². The van der Waals surface area contributed by atoms with Gasteiger partial charge in [-0.1, -0.05) is 11.6 Å². The first-order valence-corrected chi connectivity index (χ1v) is 15.1. The number of aromatic nitrogens is 4. The van der Waals surface area contributed by atoms with E-state index in [2.05, 4.69) is 27.0 Å². The van der Waals surface area contributed by atoms with Crippen LogP contribution in [0.15, 0.2) is 12.1 Å². The molecule has 16 heteroatoms. The molecule has 2 aromatic heterocycles. The summed E-state index contributed by atoms with van der Waals surface area (Å²) in [4.78, 5) is 28.5. The Morgan fingerprint density at radius 2 is 1.98 bits per heavy atom. The number of halogens is 5. The van der Waals surface area contributed by atoms with E-state index in [1.54, 1.807) is 4.68 Å². The second kappa shape index (κ2) is 11.0. The number of ether oxygens (including phenoxy) is 2. The predicted molar refractivity (Wildman–Crippen MR) is 154 cm³/mol. The second-order valence-corrected chi connectivity index (χ2v) is 12.2. The molecule has 2 N–H and O–H groups in total. The molecule has 240 valence electrons. The van der Waals surface area contributed by atoms with Crippen LogP contribution < -0.4 is 15.4 Å². The lowest BCUT2D eigenvalue weighted by Crippen LogP contribution is -2.63. The van der Waals surface area contributed by atoms with Crippen LogP contribution in [0.25, 0.3) is 0 Å². The molecule has 3 unspecified atom stereocenters. The Labute approximate surface area is 260 Å². The van der Waals surface area contributed by atoms with Crippen molar-refractivity contribution in [3.8, 4) is 6.01 Å². The highest BCUT2D eigenvalue weighted by Crippen LogP contribution is 2.43. The summed E-state index contributed by atoms with van der Waals surface area (Å²) in [7, 11) is 3.45. The number of carbonyl (C=O) groups is 1. The summed E-state index contributed by atoms with van der Waals surface area (Å²) < 4.78 is 69.7. The lowest BCUT2D eigenvalue weighted by molar-refractivity contribution is -0.140. The van der Waals surface area contributed by atoms with Crippen LogP contribution in [-0.4, -0.2) is 81.3 Å². The van der Waals surface area contributed by atoms with Crippen molar-refractivity contribution in [2.45, 2.75) is 63.3 Å². The maximum absolute atomic E-state index is 15.1. The van der Waals surface area contributed by atoms with Crippen molar-refractivity contribution in [3.63, 3.8) is 0 Å². The smallest absolute Gasteiger partial charge is 0.416 e. The summed E-state index contributed by atoms with van der Waals surface area (Å²) in [6, 6.07) is 2.17. The molecule has 6 heterocycles. The van der Waals surface area contributed by atoms with E-state index in [0.717, 1.165) is 25.1 Å². The van der Waals surface area contributed by atoms with Crippen LogP contribution in [0.4, 0.5) is 29.1 Å². The van der Waals surface area contributed by atoms with Crippen molar-refractivity contribution in [2.24, 2.45) is 0 Å². The fourth-order valence-electron chi connectivity index (χ4n) is 6.92. The Morgan fingerprint density at radius 1 is 1.18 bits per heavy atom. The highest BCUT2D eigenvalue weighted by Gasteiger charge is 2.49. The largest absolute Gasteiger partial charge is 0.467 e. The molecular weight excluding hydrogens is 620 g/mol. The SMILES string of the molecule is COc1nc2c(c(N3CCCn4nc(C(=O)N5CC6C5CCN6C)c(Cl)c4C3)n1)COC(c1c(C(F)(F)F)ccc(N)c1F)C2. The highest BCUT2D eigenvalue weighted by molar-refractivity contribution is 6.34. The van der Waals surface area contributed by atoms with Gasteiger partial charge >= 0.3 is 12.2 Å². The zero-order valence-electron chi connectivity index (χ0n) is 24.6. The highest BCUT2D eigenvalue weighted by atomic mass is 35.5. The molecular formula is C29H31ClF4N8O3. The molecule has 11 nitrogen and oxygen atoms in total. The normalized spacial score (nSPS) is 23.2. The second-order valence-electron chi connectivity index (χ2n) is 11.9. The Kier molecular flexibility index (Phi) is 7.32. The van der Waals surface area contributed by atoms with Gasteiger partial charge in [-0.15, -0.1) is 0 Å². The number of hydrogen-bond donors (Lipinski definition) is 1. The topological polar surface area (TPSA) is 115 Å². The molecule has 0 aliphatic carbocycles. The van der Waals surface area contributed by atoms with E-state index in [0.29, 0.717) is 54.9 Å². The molecule has 0 bridgehead atoms. The minimum atomic E-state index is -4.82. The molecule has 0 spiro atoms. The lowest BCUT2D eigenvalue weighted by atomic mass is 9.94. The van der Waals surface area contributed by atoms with Gasteiger partial charge < -0.3 is 25.0 Å². The van der Waals surface area contributed by atoms with E-state index in [1.165, 1.54) is 7.11 Å². The van der Waals surface area contributed by atoms with Crippen molar-refractivity contribution in [1.82, 2.24) is 29.5 Å². The Bertz CT molecular complexity index is 1680. The summed E-state index contributed by atoms with van der Waals surface area (Å²) in [5, 5.41) is 4.90. The molecule has 3 aromatic rings. The first-order valence-electron chi connectivity index (χ1n) is 14.7. The van der Waals surface area contributed by atoms with E-state index in [1.807, 2.05) is 9.80 Å². The van der Waals surface area contributed by atoms with E-state index >= 15 is 4.39 Å². The van der Waals surface area contributed by atoms with Crippen molar-refractivity contribution in [2.75, 3.05) is 44.4 Å². The first-order chi connectivity index (χ1) is 21.5. The van der Waals surface area contributed by atoms with Gasteiger partial charge in [0.2, 0.25) is 0 Å². The van der Waals surface area contributed by atoms with Gasteiger partial charge in [0.25, 0.3) is 5.91 Å². The molecule has 2 saturated heterocycles. The molecule has 45 heavy (non-hydrogen) atoms. The van der Waals surface area contributed by atoms with E-state index in [-0.39, 0.29) is 48.2 Å². The number of anilines is 2. The van der Waals surface area contributed by atoms with Crippen molar-refractivity contribution >= 4 is 29.0 Å². The number of nitrogens with zero attached hydrogens (tertiary/aromatic N) is 7. The quantitative estimate of drug-likeness (QED) is 0.332. The number of hydrogen-bond acceptors (Lipinski definition) is 9. The van der Waals surface area contributed by atoms with Crippen LogP contribution in [0.2, 0.25) is 5.02 Å². The zero-order chi connectivity index (χ0) is 31.8. The van der Waals surface area contributed by atoms with Crippen LogP contribution in [0.3, 0.4) is 0 Å². The predicted octanol–water partition coefficient (Wildman–Crippen LogP) is 3.83. The summed E-state index contributed by atoms with van der Waals surface area (Å²) in [6.45, 7) is 2.71. The number of amides is 1. The standard InChI is InChI=1S/C29H31ClF4N8O3/c1-39-9-6-18-19(39)12-41(18)27(43)25-23(30)20-11-40(7-3-8-42(20)38-25)26-14-13-45-21(10-17(14)36-28(37-26)44-2)22-15(29(32,33)34)4-5-16(35)24(22)31/h4-5,18-19,21H,3,6-13,35H2,1-2H3. The Balaban J connectivity index is 1.19. The van der Waals surface area contributed by atoms with Gasteiger partial charge in [-0.25, -0.2) is 4.39 Å². The average molecular weight is 651 g/mol. The van der Waals surface area contributed by atoms with Gasteiger partial charge in [-0.2, -0.15) is 28.2 Å². The Morgan fingerprint density at radius 3 is 2.71 bits per heavy atom. The van der Waals surface area contributed by atoms with Gasteiger partial charge in [-0.3, -0.25) is 14.4 Å². The minimum absolute atomic E-state index is 0.00193. The van der Waals surface area contributed by atoms with Gasteiger partial charge in [0.15, 0.2) is 11.5 Å². The number of nitrogens with two attached hydrogens (primary N) is 1. The van der Waals surface area contributed by atoms with Crippen LogP contribution >= 0.6 is 11.6 Å². The fourth-order valence-corrected chi connectivity index (χ4v) is 7.20. The molecule has 1 aromatic carbocycles. The number of nitrogen functional groups attached to an aromatic ring is 1. The molecule has 0 radical (unpaired) electrons. The van der Waals surface area contributed by atoms with Crippen LogP contribution in [0.1, 0.15) is 57.5 Å². The van der Waals surface area contributed by atoms with Crippen LogP contribution in [0, 0.1) is 5.82 Å². The summed E-state index contributed by atoms with van der Waals surface area (Å²) >= 11 is 6.84. The van der Waals surface area contributed by atoms with Crippen molar-refractivity contribution in [3.05, 3.63) is 56.7 Å². The molecule has 4 aliphatic heterocycles. The third kappa shape index (κ3) is 4.95. The number of rotatable bonds is 4. The number of likely N-dealkylation sites (N-methyl/N-ethyl adjacent to an activating group) is 1. The molecule has 3 atom stereocenters. The monoisotopic (exact) mass is 650 g/mol. The molecule has 0 saturated carbocycles. The zero-order valence-corrected chi connectivity index (χ0v) is 25.3. The van der Waals surface area contributed by atoms with E-state index in [4.69, 9.17) is 26.8 Å². The van der Waals surface area contributed by atoms with Gasteiger partial charge in [0, 0.05) is 49.8 Å². The van der Waals surface area contributed by atoms with Crippen molar-refractivity contribution in [1.29, 1.82) is 0 Å². The molecule has 2 fully saturated rings. The molecule has 1 amide bonds. The number of carbonyl (C=O) groups excluding carboxylic acids is 1. The number of alkyl halides is 3. The minimum Gasteiger partial charge on any atom is -0.467 e. The number of likely N-dealkylation sites (tertiary alicyclic amines) is 2. The maximum Gasteiger partial charge on any atom is 0.416 e. The summed E-state index contributed by atoms with van der Waals surface area (Å²) in [5.41, 5.74) is 5.21. The maximum atomic E-state index is 15.1. The van der Waals surface area contributed by atoms with Gasteiger partial charge in [-0.05, 0) is 32.0 Å². The fraction of sp³-hybridized carbons (Fsp3) is 0.517. The summed E-state index contributed by atoms with van der Waals surface area (Å²) in [6.07, 6.45) is -4.72. The number of benzene rings is 1. The molecule has 4 aliphatic rings. The van der Waals surface area contributed by atoms with Crippen LogP contribution in [-0.2, 0) is 37.0 Å². The number of fused-ring (bicyclic) bond motifs is 3. The first kappa shape index (κ1) is 30.0. The number of aryl methyl sites for hydroxylation is 1. The van der Waals surface area contributed by atoms with E-state index in [9.17, 15) is 18.0 Å². The third-order valence-corrected chi connectivity index (χ3v) is 9.74. The third-order valence-electron chi connectivity index (χ3n) is 9.34. The van der Waals surface area contributed by atoms with E-state index < -0.39 is 34.9 Å². The molecule has 7 rings (SSSR count). The average Bonchev–Trinajstić information content (AvgIpc) is 3.34. The summed E-state index contributed by atoms with van der Waals surface area (Å²) in [5.74, 6) is -0.900. The van der Waals surface area contributed by atoms with Gasteiger partial charge in [0.05, 0.1) is 60.1 Å². The Hall–Kier alpha value is -3.69. The van der Waals surface area contributed by atoms with Gasteiger partial charge in [0.1, 0.15) is 5.82 Å².